The van der Waals surface area contributed by atoms with Crippen molar-refractivity contribution < 1.29 is 19.1 Å². The van der Waals surface area contributed by atoms with Crippen molar-refractivity contribution in [3.63, 3.8) is 0 Å². The summed E-state index contributed by atoms with van der Waals surface area (Å²) in [6.07, 6.45) is 0.972. The van der Waals surface area contributed by atoms with Crippen molar-refractivity contribution in [1.29, 1.82) is 0 Å². The zero-order chi connectivity index (χ0) is 26.2. The molecule has 0 N–H and O–H groups in total. The highest BCUT2D eigenvalue weighted by molar-refractivity contribution is 5.85. The molecule has 0 bridgehead atoms. The molecule has 2 aromatic rings. The van der Waals surface area contributed by atoms with Crippen molar-refractivity contribution in [2.24, 2.45) is 11.8 Å². The monoisotopic (exact) mass is 497 g/mol. The maximum absolute atomic E-state index is 13.0. The fourth-order valence-corrected chi connectivity index (χ4v) is 4.20. The Hall–Kier alpha value is -3.36. The highest BCUT2D eigenvalue weighted by Crippen LogP contribution is 2.32. The number of aromatic nitrogens is 2. The third-order valence-corrected chi connectivity index (χ3v) is 6.65. The molecule has 0 saturated carbocycles. The van der Waals surface area contributed by atoms with E-state index in [9.17, 15) is 9.59 Å². The minimum atomic E-state index is -0.127. The molecule has 3 rings (SSSR count). The van der Waals surface area contributed by atoms with Gasteiger partial charge in [-0.05, 0) is 30.2 Å². The summed E-state index contributed by atoms with van der Waals surface area (Å²) in [5.41, 5.74) is 1.55. The van der Waals surface area contributed by atoms with E-state index >= 15 is 0 Å². The van der Waals surface area contributed by atoms with E-state index in [1.807, 2.05) is 49.1 Å². The number of methoxy groups -OCH3 is 2. The SMILES string of the molecule is CC[C@H](C)CN(CC(=O)N1CCN(c2ccc(-c3ccc(OC)cc3OC)nn2)CC1)C(=O)C(C)C. The fraction of sp³-hybridized carbons (Fsp3) is 0.556. The summed E-state index contributed by atoms with van der Waals surface area (Å²) in [7, 11) is 3.23. The molecule has 1 aromatic heterocycles. The number of nitrogens with zero attached hydrogens (tertiary/aromatic N) is 5. The van der Waals surface area contributed by atoms with Gasteiger partial charge in [0, 0.05) is 50.3 Å². The lowest BCUT2D eigenvalue weighted by atomic mass is 10.1. The molecule has 0 spiro atoms. The molecule has 2 heterocycles. The average molecular weight is 498 g/mol. The molecule has 1 fully saturated rings. The van der Waals surface area contributed by atoms with E-state index in [-0.39, 0.29) is 24.3 Å². The topological polar surface area (TPSA) is 88.1 Å². The normalized spacial score (nSPS) is 14.5. The van der Waals surface area contributed by atoms with Crippen LogP contribution in [0.5, 0.6) is 11.5 Å². The van der Waals surface area contributed by atoms with Crippen LogP contribution >= 0.6 is 0 Å². The Bertz CT molecular complexity index is 1020. The van der Waals surface area contributed by atoms with Crippen molar-refractivity contribution in [3.8, 4) is 22.8 Å². The lowest BCUT2D eigenvalue weighted by molar-refractivity contribution is -0.143. The number of carbonyl (C=O) groups excluding carboxylic acids is 2. The number of hydrogen-bond donors (Lipinski definition) is 0. The quantitative estimate of drug-likeness (QED) is 0.497. The van der Waals surface area contributed by atoms with Crippen molar-refractivity contribution in [1.82, 2.24) is 20.0 Å². The lowest BCUT2D eigenvalue weighted by Gasteiger charge is -2.36. The fourth-order valence-electron chi connectivity index (χ4n) is 4.20. The summed E-state index contributed by atoms with van der Waals surface area (Å²) in [5.74, 6) is 2.42. The van der Waals surface area contributed by atoms with Gasteiger partial charge in [0.15, 0.2) is 5.82 Å². The van der Waals surface area contributed by atoms with E-state index in [1.165, 1.54) is 0 Å². The molecular formula is C27H39N5O4. The maximum atomic E-state index is 13.0. The molecule has 1 aliphatic heterocycles. The van der Waals surface area contributed by atoms with Gasteiger partial charge in [0.2, 0.25) is 11.8 Å². The number of anilines is 1. The van der Waals surface area contributed by atoms with Crippen molar-refractivity contribution in [2.45, 2.75) is 34.1 Å². The Kier molecular flexibility index (Phi) is 9.50. The van der Waals surface area contributed by atoms with Crippen LogP contribution in [0.4, 0.5) is 5.82 Å². The lowest BCUT2D eigenvalue weighted by Crippen LogP contribution is -2.52. The van der Waals surface area contributed by atoms with Crippen LogP contribution in [0.2, 0.25) is 0 Å². The molecule has 36 heavy (non-hydrogen) atoms. The Morgan fingerprint density at radius 2 is 1.72 bits per heavy atom. The first kappa shape index (κ1) is 27.2. The molecule has 0 unspecified atom stereocenters. The zero-order valence-electron chi connectivity index (χ0n) is 22.4. The second-order valence-corrected chi connectivity index (χ2v) is 9.60. The molecule has 2 amide bonds. The second-order valence-electron chi connectivity index (χ2n) is 9.60. The number of carbonyl (C=O) groups is 2. The summed E-state index contributed by atoms with van der Waals surface area (Å²) in [6.45, 7) is 11.2. The number of ether oxygens (including phenoxy) is 2. The third-order valence-electron chi connectivity index (χ3n) is 6.65. The van der Waals surface area contributed by atoms with E-state index in [0.717, 1.165) is 17.8 Å². The molecule has 196 valence electrons. The summed E-state index contributed by atoms with van der Waals surface area (Å²) < 4.78 is 10.8. The number of rotatable bonds is 10. The summed E-state index contributed by atoms with van der Waals surface area (Å²) in [4.78, 5) is 31.4. The Morgan fingerprint density at radius 3 is 2.28 bits per heavy atom. The minimum Gasteiger partial charge on any atom is -0.497 e. The van der Waals surface area contributed by atoms with Crippen LogP contribution in [-0.4, -0.2) is 85.3 Å². The summed E-state index contributed by atoms with van der Waals surface area (Å²) in [6, 6.07) is 9.45. The molecule has 0 aliphatic carbocycles. The first-order chi connectivity index (χ1) is 17.3. The number of benzene rings is 1. The van der Waals surface area contributed by atoms with Crippen LogP contribution in [0.3, 0.4) is 0 Å². The van der Waals surface area contributed by atoms with Crippen molar-refractivity contribution >= 4 is 17.6 Å². The van der Waals surface area contributed by atoms with Gasteiger partial charge in [-0.3, -0.25) is 9.59 Å². The first-order valence-electron chi connectivity index (χ1n) is 12.6. The Labute approximate surface area is 214 Å². The van der Waals surface area contributed by atoms with E-state index in [0.29, 0.717) is 55.8 Å². The van der Waals surface area contributed by atoms with E-state index < -0.39 is 0 Å². The molecule has 1 saturated heterocycles. The maximum Gasteiger partial charge on any atom is 0.242 e. The highest BCUT2D eigenvalue weighted by Gasteiger charge is 2.27. The molecule has 9 heteroatoms. The molecule has 1 aromatic carbocycles. The summed E-state index contributed by atoms with van der Waals surface area (Å²) >= 11 is 0. The van der Waals surface area contributed by atoms with Crippen LogP contribution in [0.15, 0.2) is 30.3 Å². The minimum absolute atomic E-state index is 0.0000130. The van der Waals surface area contributed by atoms with Crippen molar-refractivity contribution in [3.05, 3.63) is 30.3 Å². The van der Waals surface area contributed by atoms with Gasteiger partial charge in [-0.15, -0.1) is 10.2 Å². The van der Waals surface area contributed by atoms with E-state index in [2.05, 4.69) is 28.9 Å². The predicted octanol–water partition coefficient (Wildman–Crippen LogP) is 3.34. The Balaban J connectivity index is 1.60. The predicted molar refractivity (Wildman–Crippen MR) is 140 cm³/mol. The summed E-state index contributed by atoms with van der Waals surface area (Å²) in [5, 5.41) is 8.85. The van der Waals surface area contributed by atoms with Gasteiger partial charge < -0.3 is 24.2 Å². The standard InChI is InChI=1S/C27H39N5O4/c1-7-20(4)17-32(27(34)19(2)3)18-26(33)31-14-12-30(13-15-31)25-11-10-23(28-29-25)22-9-8-21(35-5)16-24(22)36-6/h8-11,16,19-20H,7,12-15,17-18H2,1-6H3/t20-/m0/s1. The van der Waals surface area contributed by atoms with Crippen LogP contribution in [0.25, 0.3) is 11.3 Å². The zero-order valence-corrected chi connectivity index (χ0v) is 22.4. The third kappa shape index (κ3) is 6.65. The van der Waals surface area contributed by atoms with Gasteiger partial charge in [0.25, 0.3) is 0 Å². The molecular weight excluding hydrogens is 458 g/mol. The number of amides is 2. The van der Waals surface area contributed by atoms with E-state index in [1.54, 1.807) is 19.1 Å². The molecule has 1 atom stereocenters. The van der Waals surface area contributed by atoms with Gasteiger partial charge in [-0.25, -0.2) is 0 Å². The largest absolute Gasteiger partial charge is 0.497 e. The second kappa shape index (κ2) is 12.6. The van der Waals surface area contributed by atoms with Gasteiger partial charge in [0.1, 0.15) is 11.5 Å². The highest BCUT2D eigenvalue weighted by atomic mass is 16.5. The van der Waals surface area contributed by atoms with Crippen LogP contribution in [0, 0.1) is 11.8 Å². The first-order valence-corrected chi connectivity index (χ1v) is 12.6. The number of hydrogen-bond acceptors (Lipinski definition) is 7. The van der Waals surface area contributed by atoms with Crippen LogP contribution in [0.1, 0.15) is 34.1 Å². The van der Waals surface area contributed by atoms with Gasteiger partial charge >= 0.3 is 0 Å². The molecule has 0 radical (unpaired) electrons. The number of piperazine rings is 1. The van der Waals surface area contributed by atoms with Crippen LogP contribution < -0.4 is 14.4 Å². The van der Waals surface area contributed by atoms with E-state index in [4.69, 9.17) is 9.47 Å². The van der Waals surface area contributed by atoms with Crippen molar-refractivity contribution in [2.75, 3.05) is 58.4 Å². The van der Waals surface area contributed by atoms with Crippen LogP contribution in [-0.2, 0) is 9.59 Å². The Morgan fingerprint density at radius 1 is 1.00 bits per heavy atom. The smallest absolute Gasteiger partial charge is 0.242 e. The molecule has 1 aliphatic rings. The van der Waals surface area contributed by atoms with Gasteiger partial charge in [-0.1, -0.05) is 34.1 Å². The van der Waals surface area contributed by atoms with Gasteiger partial charge in [-0.2, -0.15) is 0 Å². The van der Waals surface area contributed by atoms with Gasteiger partial charge in [0.05, 0.1) is 26.5 Å². The molecule has 9 nitrogen and oxygen atoms in total. The average Bonchev–Trinajstić information content (AvgIpc) is 2.91.